The Labute approximate surface area is 90.3 Å². The summed E-state index contributed by atoms with van der Waals surface area (Å²) in [4.78, 5) is 3.42. The normalized spacial score (nSPS) is 11.2. The average Bonchev–Trinajstić information content (AvgIpc) is 2.57. The maximum absolute atomic E-state index is 5.20. The molecule has 2 rings (SSSR count). The number of ether oxygens (including phenoxy) is 1. The Morgan fingerprint density at radius 3 is 2.73 bits per heavy atom. The Morgan fingerprint density at radius 1 is 1.27 bits per heavy atom. The second-order valence-electron chi connectivity index (χ2n) is 4.35. The third kappa shape index (κ3) is 2.14. The molecule has 0 aliphatic rings. The molecule has 2 aromatic rings. The predicted molar refractivity (Wildman–Crippen MR) is 63.4 cm³/mol. The SMILES string of the molecule is COc1ccc2[nH]c(CC(C)C)cc2c1. The highest BCUT2D eigenvalue weighted by Crippen LogP contribution is 2.22. The fourth-order valence-electron chi connectivity index (χ4n) is 1.85. The minimum absolute atomic E-state index is 0.681. The number of nitrogens with one attached hydrogen (secondary N) is 1. The molecule has 2 heteroatoms. The van der Waals surface area contributed by atoms with Crippen molar-refractivity contribution in [1.82, 2.24) is 4.98 Å². The molecule has 80 valence electrons. The van der Waals surface area contributed by atoms with Crippen molar-refractivity contribution in [3.8, 4) is 5.75 Å². The highest BCUT2D eigenvalue weighted by molar-refractivity contribution is 5.81. The third-order valence-electron chi connectivity index (χ3n) is 2.51. The molecule has 0 bridgehead atoms. The molecule has 1 aromatic carbocycles. The molecule has 1 N–H and O–H groups in total. The van der Waals surface area contributed by atoms with E-state index in [0.717, 1.165) is 12.2 Å². The Morgan fingerprint density at radius 2 is 2.07 bits per heavy atom. The minimum Gasteiger partial charge on any atom is -0.497 e. The summed E-state index contributed by atoms with van der Waals surface area (Å²) in [6.07, 6.45) is 1.09. The summed E-state index contributed by atoms with van der Waals surface area (Å²) in [5.41, 5.74) is 2.49. The van der Waals surface area contributed by atoms with E-state index in [2.05, 4.69) is 37.0 Å². The number of H-pyrrole nitrogens is 1. The zero-order valence-corrected chi connectivity index (χ0v) is 9.50. The van der Waals surface area contributed by atoms with Gasteiger partial charge in [0.15, 0.2) is 0 Å². The first kappa shape index (κ1) is 10.1. The van der Waals surface area contributed by atoms with Gasteiger partial charge in [-0.15, -0.1) is 0 Å². The second-order valence-corrected chi connectivity index (χ2v) is 4.35. The molecule has 0 amide bonds. The monoisotopic (exact) mass is 203 g/mol. The summed E-state index contributed by atoms with van der Waals surface area (Å²) in [5, 5.41) is 1.23. The maximum atomic E-state index is 5.20. The molecule has 0 spiro atoms. The Bertz CT molecular complexity index is 457. The van der Waals surface area contributed by atoms with Gasteiger partial charge in [-0.1, -0.05) is 13.8 Å². The number of aromatic amines is 1. The predicted octanol–water partition coefficient (Wildman–Crippen LogP) is 3.38. The van der Waals surface area contributed by atoms with E-state index in [0.29, 0.717) is 5.92 Å². The topological polar surface area (TPSA) is 25.0 Å². The molecular formula is C13H17NO. The molecule has 0 saturated heterocycles. The van der Waals surface area contributed by atoms with Gasteiger partial charge in [0.1, 0.15) is 5.75 Å². The minimum atomic E-state index is 0.681. The van der Waals surface area contributed by atoms with Crippen molar-refractivity contribution in [2.45, 2.75) is 20.3 Å². The molecule has 0 atom stereocenters. The molecule has 0 saturated carbocycles. The number of hydrogen-bond donors (Lipinski definition) is 1. The average molecular weight is 203 g/mol. The fourth-order valence-corrected chi connectivity index (χ4v) is 1.85. The van der Waals surface area contributed by atoms with Crippen molar-refractivity contribution in [2.75, 3.05) is 7.11 Å². The first-order valence-electron chi connectivity index (χ1n) is 5.34. The Kier molecular flexibility index (Phi) is 2.67. The van der Waals surface area contributed by atoms with E-state index in [1.807, 2.05) is 6.07 Å². The highest BCUT2D eigenvalue weighted by Gasteiger charge is 2.03. The van der Waals surface area contributed by atoms with Crippen LogP contribution in [0.15, 0.2) is 24.3 Å². The van der Waals surface area contributed by atoms with E-state index in [1.165, 1.54) is 16.6 Å². The standard InChI is InChI=1S/C13H17NO/c1-9(2)6-11-7-10-8-12(15-3)4-5-13(10)14-11/h4-5,7-9,14H,6H2,1-3H3. The van der Waals surface area contributed by atoms with Crippen LogP contribution in [0.2, 0.25) is 0 Å². The summed E-state index contributed by atoms with van der Waals surface area (Å²) in [6.45, 7) is 4.46. The van der Waals surface area contributed by atoms with Crippen molar-refractivity contribution < 1.29 is 4.74 Å². The van der Waals surface area contributed by atoms with E-state index in [9.17, 15) is 0 Å². The summed E-state index contributed by atoms with van der Waals surface area (Å²) in [6, 6.07) is 8.32. The van der Waals surface area contributed by atoms with Gasteiger partial charge in [0, 0.05) is 16.6 Å². The number of hydrogen-bond acceptors (Lipinski definition) is 1. The van der Waals surface area contributed by atoms with Gasteiger partial charge in [0.25, 0.3) is 0 Å². The maximum Gasteiger partial charge on any atom is 0.119 e. The molecule has 15 heavy (non-hydrogen) atoms. The Balaban J connectivity index is 2.37. The van der Waals surface area contributed by atoms with Crippen LogP contribution in [0.3, 0.4) is 0 Å². The van der Waals surface area contributed by atoms with E-state index < -0.39 is 0 Å². The highest BCUT2D eigenvalue weighted by atomic mass is 16.5. The molecule has 0 radical (unpaired) electrons. The molecule has 0 unspecified atom stereocenters. The first-order valence-corrected chi connectivity index (χ1v) is 5.34. The van der Waals surface area contributed by atoms with Crippen molar-refractivity contribution >= 4 is 10.9 Å². The van der Waals surface area contributed by atoms with E-state index in [-0.39, 0.29) is 0 Å². The quantitative estimate of drug-likeness (QED) is 0.812. The van der Waals surface area contributed by atoms with E-state index >= 15 is 0 Å². The number of fused-ring (bicyclic) bond motifs is 1. The largest absolute Gasteiger partial charge is 0.497 e. The van der Waals surface area contributed by atoms with Gasteiger partial charge in [-0.05, 0) is 36.6 Å². The summed E-state index contributed by atoms with van der Waals surface area (Å²) in [7, 11) is 1.70. The lowest BCUT2D eigenvalue weighted by Crippen LogP contribution is -1.93. The molecule has 0 aliphatic carbocycles. The summed E-state index contributed by atoms with van der Waals surface area (Å²) >= 11 is 0. The van der Waals surface area contributed by atoms with Crippen molar-refractivity contribution in [1.29, 1.82) is 0 Å². The third-order valence-corrected chi connectivity index (χ3v) is 2.51. The molecule has 1 heterocycles. The van der Waals surface area contributed by atoms with Crippen LogP contribution < -0.4 is 4.74 Å². The summed E-state index contributed by atoms with van der Waals surface area (Å²) < 4.78 is 5.20. The van der Waals surface area contributed by atoms with Gasteiger partial charge < -0.3 is 9.72 Å². The van der Waals surface area contributed by atoms with Gasteiger partial charge in [0.05, 0.1) is 7.11 Å². The van der Waals surface area contributed by atoms with Crippen LogP contribution >= 0.6 is 0 Å². The summed E-state index contributed by atoms with van der Waals surface area (Å²) in [5.74, 6) is 1.59. The van der Waals surface area contributed by atoms with Crippen LogP contribution in [0.25, 0.3) is 10.9 Å². The fraction of sp³-hybridized carbons (Fsp3) is 0.385. The van der Waals surface area contributed by atoms with Crippen molar-refractivity contribution in [2.24, 2.45) is 5.92 Å². The zero-order valence-electron chi connectivity index (χ0n) is 9.50. The number of rotatable bonds is 3. The molecule has 1 aromatic heterocycles. The smallest absolute Gasteiger partial charge is 0.119 e. The van der Waals surface area contributed by atoms with Gasteiger partial charge >= 0.3 is 0 Å². The first-order chi connectivity index (χ1) is 7.19. The number of methoxy groups -OCH3 is 1. The Hall–Kier alpha value is -1.44. The van der Waals surface area contributed by atoms with Crippen LogP contribution in [-0.4, -0.2) is 12.1 Å². The van der Waals surface area contributed by atoms with Crippen LogP contribution in [0, 0.1) is 5.92 Å². The molecular weight excluding hydrogens is 186 g/mol. The molecule has 2 nitrogen and oxygen atoms in total. The zero-order chi connectivity index (χ0) is 10.8. The van der Waals surface area contributed by atoms with Gasteiger partial charge in [-0.3, -0.25) is 0 Å². The second kappa shape index (κ2) is 3.97. The van der Waals surface area contributed by atoms with Gasteiger partial charge in [-0.25, -0.2) is 0 Å². The molecule has 0 aliphatic heterocycles. The lowest BCUT2D eigenvalue weighted by molar-refractivity contribution is 0.415. The lowest BCUT2D eigenvalue weighted by atomic mass is 10.1. The van der Waals surface area contributed by atoms with Crippen molar-refractivity contribution in [3.05, 3.63) is 30.0 Å². The van der Waals surface area contributed by atoms with Crippen LogP contribution in [0.5, 0.6) is 5.75 Å². The lowest BCUT2D eigenvalue weighted by Gasteiger charge is -1.99. The molecule has 0 fully saturated rings. The van der Waals surface area contributed by atoms with Crippen molar-refractivity contribution in [3.63, 3.8) is 0 Å². The van der Waals surface area contributed by atoms with Crippen LogP contribution in [-0.2, 0) is 6.42 Å². The number of aromatic nitrogens is 1. The van der Waals surface area contributed by atoms with E-state index in [4.69, 9.17) is 4.74 Å². The van der Waals surface area contributed by atoms with Crippen LogP contribution in [0.4, 0.5) is 0 Å². The van der Waals surface area contributed by atoms with Crippen LogP contribution in [0.1, 0.15) is 19.5 Å². The van der Waals surface area contributed by atoms with E-state index in [1.54, 1.807) is 7.11 Å². The number of benzene rings is 1. The van der Waals surface area contributed by atoms with Gasteiger partial charge in [-0.2, -0.15) is 0 Å². The van der Waals surface area contributed by atoms with Gasteiger partial charge in [0.2, 0.25) is 0 Å².